The maximum Gasteiger partial charge on any atom is -0.00263 e. The van der Waals surface area contributed by atoms with E-state index in [0.29, 0.717) is 0 Å². The molecule has 40 heavy (non-hydrogen) atoms. The van der Waals surface area contributed by atoms with Gasteiger partial charge in [-0.05, 0) is 94.2 Å². The highest BCUT2D eigenvalue weighted by Gasteiger charge is 2.22. The summed E-state index contributed by atoms with van der Waals surface area (Å²) in [5, 5.41) is 9.24. The first-order chi connectivity index (χ1) is 19.6. The summed E-state index contributed by atoms with van der Waals surface area (Å²) in [6.45, 7) is 21.9. The van der Waals surface area contributed by atoms with Crippen molar-refractivity contribution in [3.05, 3.63) is 160 Å². The molecule has 0 aromatic heterocycles. The van der Waals surface area contributed by atoms with Crippen LogP contribution in [0, 0.1) is 0 Å². The van der Waals surface area contributed by atoms with E-state index >= 15 is 0 Å². The third-order valence-corrected chi connectivity index (χ3v) is 8.16. The van der Waals surface area contributed by atoms with Gasteiger partial charge in [0, 0.05) is 0 Å². The Labute approximate surface area is 235 Å². The van der Waals surface area contributed by atoms with Crippen molar-refractivity contribution < 1.29 is 0 Å². The second kappa shape index (κ2) is 10.3. The summed E-state index contributed by atoms with van der Waals surface area (Å²) in [5.74, 6) is 0. The SMILES string of the molecule is C=C/C(C(=C)c1c(C=C)c(C=C)c(C2=c3ccccc3=CCC2)c2ccccc12)=c1\c(=C)ccc2ccccc12. The Kier molecular flexibility index (Phi) is 6.54. The zero-order valence-electron chi connectivity index (χ0n) is 22.8. The van der Waals surface area contributed by atoms with Gasteiger partial charge in [0.15, 0.2) is 0 Å². The third kappa shape index (κ3) is 3.92. The molecule has 0 aliphatic heterocycles. The van der Waals surface area contributed by atoms with Crippen LogP contribution in [0.2, 0.25) is 0 Å². The molecule has 0 saturated heterocycles. The third-order valence-electron chi connectivity index (χ3n) is 8.16. The molecule has 0 unspecified atom stereocenters. The Morgan fingerprint density at radius 2 is 1.38 bits per heavy atom. The van der Waals surface area contributed by atoms with Crippen molar-refractivity contribution in [1.82, 2.24) is 0 Å². The van der Waals surface area contributed by atoms with E-state index in [-0.39, 0.29) is 0 Å². The number of allylic oxidation sites excluding steroid dienone is 2. The van der Waals surface area contributed by atoms with E-state index in [9.17, 15) is 0 Å². The Hall–Kier alpha value is -4.94. The van der Waals surface area contributed by atoms with Gasteiger partial charge in [-0.15, -0.1) is 0 Å². The van der Waals surface area contributed by atoms with Gasteiger partial charge >= 0.3 is 0 Å². The molecule has 0 radical (unpaired) electrons. The highest BCUT2D eigenvalue weighted by Crippen LogP contribution is 2.41. The predicted molar refractivity (Wildman–Crippen MR) is 177 cm³/mol. The summed E-state index contributed by atoms with van der Waals surface area (Å²) in [4.78, 5) is 0. The molecule has 0 amide bonds. The Morgan fingerprint density at radius 3 is 2.12 bits per heavy atom. The van der Waals surface area contributed by atoms with Crippen LogP contribution in [0.1, 0.15) is 35.1 Å². The Morgan fingerprint density at radius 1 is 0.700 bits per heavy atom. The minimum absolute atomic E-state index is 0.902. The van der Waals surface area contributed by atoms with Gasteiger partial charge in [0.2, 0.25) is 0 Å². The van der Waals surface area contributed by atoms with Crippen LogP contribution >= 0.6 is 0 Å². The minimum Gasteiger partial charge on any atom is -0.0984 e. The number of hydrogen-bond acceptors (Lipinski definition) is 0. The molecule has 0 saturated carbocycles. The maximum absolute atomic E-state index is 4.70. The minimum atomic E-state index is 0.902. The van der Waals surface area contributed by atoms with E-state index in [1.165, 1.54) is 27.0 Å². The molecular formula is C40H32. The van der Waals surface area contributed by atoms with Gasteiger partial charge in [0.05, 0.1) is 0 Å². The summed E-state index contributed by atoms with van der Waals surface area (Å²) in [7, 11) is 0. The Bertz CT molecular complexity index is 2130. The lowest BCUT2D eigenvalue weighted by Crippen LogP contribution is -2.29. The van der Waals surface area contributed by atoms with Crippen LogP contribution in [0.4, 0.5) is 0 Å². The summed E-state index contributed by atoms with van der Waals surface area (Å²) in [5.41, 5.74) is 7.66. The number of fused-ring (bicyclic) bond motifs is 3. The van der Waals surface area contributed by atoms with Crippen LogP contribution in [-0.2, 0) is 0 Å². The molecule has 0 bridgehead atoms. The predicted octanol–water partition coefficient (Wildman–Crippen LogP) is 7.51. The number of benzene rings is 5. The molecular weight excluding hydrogens is 480 g/mol. The average molecular weight is 513 g/mol. The highest BCUT2D eigenvalue weighted by molar-refractivity contribution is 6.14. The maximum atomic E-state index is 4.70. The molecule has 0 atom stereocenters. The van der Waals surface area contributed by atoms with Gasteiger partial charge in [-0.25, -0.2) is 0 Å². The van der Waals surface area contributed by atoms with E-state index in [2.05, 4.69) is 117 Å². The second-order valence-corrected chi connectivity index (χ2v) is 10.3. The van der Waals surface area contributed by atoms with Crippen LogP contribution in [0.25, 0.3) is 63.1 Å². The van der Waals surface area contributed by atoms with Crippen molar-refractivity contribution in [3.8, 4) is 0 Å². The van der Waals surface area contributed by atoms with Crippen LogP contribution in [0.3, 0.4) is 0 Å². The monoisotopic (exact) mass is 512 g/mol. The first-order valence-corrected chi connectivity index (χ1v) is 13.7. The second-order valence-electron chi connectivity index (χ2n) is 10.3. The van der Waals surface area contributed by atoms with Gasteiger partial charge in [-0.3, -0.25) is 0 Å². The fraction of sp³-hybridized carbons (Fsp3) is 0.0500. The fourth-order valence-corrected chi connectivity index (χ4v) is 6.41. The summed E-state index contributed by atoms with van der Waals surface area (Å²) in [6, 6.07) is 30.0. The lowest BCUT2D eigenvalue weighted by atomic mass is 9.79. The molecule has 0 fully saturated rings. The summed E-state index contributed by atoms with van der Waals surface area (Å²) >= 11 is 0. The van der Waals surface area contributed by atoms with E-state index < -0.39 is 0 Å². The van der Waals surface area contributed by atoms with Crippen molar-refractivity contribution in [2.24, 2.45) is 0 Å². The molecule has 1 aliphatic rings. The topological polar surface area (TPSA) is 0 Å². The molecule has 0 heterocycles. The van der Waals surface area contributed by atoms with Gasteiger partial charge in [0.1, 0.15) is 0 Å². The molecule has 1 aliphatic carbocycles. The van der Waals surface area contributed by atoms with Crippen molar-refractivity contribution >= 4 is 63.1 Å². The quantitative estimate of drug-likeness (QED) is 0.221. The Balaban J connectivity index is 1.78. The van der Waals surface area contributed by atoms with E-state index in [1.54, 1.807) is 0 Å². The van der Waals surface area contributed by atoms with Crippen LogP contribution in [-0.4, -0.2) is 0 Å². The van der Waals surface area contributed by atoms with E-state index in [4.69, 9.17) is 6.58 Å². The van der Waals surface area contributed by atoms with Gasteiger partial charge in [-0.1, -0.05) is 142 Å². The molecule has 6 rings (SSSR count). The highest BCUT2D eigenvalue weighted by atomic mass is 14.3. The van der Waals surface area contributed by atoms with Crippen LogP contribution in [0.5, 0.6) is 0 Å². The first-order valence-electron chi connectivity index (χ1n) is 13.7. The van der Waals surface area contributed by atoms with Crippen molar-refractivity contribution in [1.29, 1.82) is 0 Å². The summed E-state index contributed by atoms with van der Waals surface area (Å²) < 4.78 is 0. The standard InChI is InChI=1S/C40H32/c1-6-30(38-26(4)24-25-29-17-10-12-20-34(29)38)27(5)39-31(7-2)32(8-3)40(37-22-14-13-21-36(37)39)35-23-15-18-28-16-9-11-19-33(28)35/h6-14,16-22,24-25H,1-5,15,23H2/b38-30-. The van der Waals surface area contributed by atoms with E-state index in [1.807, 2.05) is 18.2 Å². The largest absolute Gasteiger partial charge is 0.0984 e. The summed E-state index contributed by atoms with van der Waals surface area (Å²) in [6.07, 6.45) is 10.2. The molecule has 0 N–H and O–H groups in total. The van der Waals surface area contributed by atoms with Gasteiger partial charge < -0.3 is 0 Å². The normalized spacial score (nSPS) is 13.3. The molecule has 5 aromatic carbocycles. The zero-order valence-corrected chi connectivity index (χ0v) is 22.8. The number of rotatable bonds is 6. The fourth-order valence-electron chi connectivity index (χ4n) is 6.41. The van der Waals surface area contributed by atoms with Crippen LogP contribution < -0.4 is 20.9 Å². The smallest absolute Gasteiger partial charge is 0.00263 e. The molecule has 5 aromatic rings. The lowest BCUT2D eigenvalue weighted by Gasteiger charge is -2.24. The van der Waals surface area contributed by atoms with Crippen molar-refractivity contribution in [3.63, 3.8) is 0 Å². The molecule has 0 heteroatoms. The van der Waals surface area contributed by atoms with Gasteiger partial charge in [-0.2, -0.15) is 0 Å². The first kappa shape index (κ1) is 25.3. The van der Waals surface area contributed by atoms with Crippen molar-refractivity contribution in [2.45, 2.75) is 12.8 Å². The molecule has 0 spiro atoms. The number of hydrogen-bond donors (Lipinski definition) is 0. The van der Waals surface area contributed by atoms with E-state index in [0.717, 1.165) is 67.3 Å². The molecule has 0 nitrogen and oxygen atoms in total. The van der Waals surface area contributed by atoms with Crippen LogP contribution in [0.15, 0.2) is 117 Å². The zero-order chi connectivity index (χ0) is 27.8. The molecule has 192 valence electrons. The van der Waals surface area contributed by atoms with Crippen molar-refractivity contribution in [2.75, 3.05) is 0 Å². The average Bonchev–Trinajstić information content (AvgIpc) is 3.00. The van der Waals surface area contributed by atoms with Gasteiger partial charge in [0.25, 0.3) is 0 Å². The lowest BCUT2D eigenvalue weighted by molar-refractivity contribution is 1.08.